The summed E-state index contributed by atoms with van der Waals surface area (Å²) < 4.78 is 0. The number of piperidine rings is 1. The van der Waals surface area contributed by atoms with Gasteiger partial charge in [0.25, 0.3) is 0 Å². The number of aromatic nitrogens is 1. The number of nitrogens with zero attached hydrogens (tertiary/aromatic N) is 2. The molecule has 0 spiro atoms. The average Bonchev–Trinajstić information content (AvgIpc) is 2.29. The zero-order valence-corrected chi connectivity index (χ0v) is 10.7. The van der Waals surface area contributed by atoms with E-state index in [1.807, 2.05) is 19.1 Å². The summed E-state index contributed by atoms with van der Waals surface area (Å²) in [6.07, 6.45) is 3.21. The van der Waals surface area contributed by atoms with Gasteiger partial charge in [-0.15, -0.1) is 0 Å². The van der Waals surface area contributed by atoms with E-state index in [2.05, 4.69) is 9.88 Å². The summed E-state index contributed by atoms with van der Waals surface area (Å²) in [5.41, 5.74) is 5.94. The molecule has 0 radical (unpaired) electrons. The Morgan fingerprint density at radius 1 is 1.53 bits per heavy atom. The van der Waals surface area contributed by atoms with E-state index in [0.717, 1.165) is 37.3 Å². The number of rotatable bonds is 2. The van der Waals surface area contributed by atoms with E-state index in [0.29, 0.717) is 4.99 Å². The molecule has 0 amide bonds. The number of anilines is 1. The van der Waals surface area contributed by atoms with Crippen LogP contribution in [0, 0.1) is 0 Å². The van der Waals surface area contributed by atoms with Crippen LogP contribution in [0.2, 0.25) is 0 Å². The Hall–Kier alpha value is -1.20. The lowest BCUT2D eigenvalue weighted by Gasteiger charge is -2.37. The molecule has 0 unspecified atom stereocenters. The van der Waals surface area contributed by atoms with Gasteiger partial charge in [0.2, 0.25) is 0 Å². The standard InChI is InChI=1S/C12H17N3OS/c1-12(16)4-7-15(8-5-12)11-9(10(13)17)3-2-6-14-11/h2-3,6,16H,4-5,7-8H2,1H3,(H2,13,17). The molecule has 2 heterocycles. The molecule has 0 atom stereocenters. The van der Waals surface area contributed by atoms with Crippen molar-refractivity contribution < 1.29 is 5.11 Å². The Morgan fingerprint density at radius 2 is 2.18 bits per heavy atom. The van der Waals surface area contributed by atoms with Gasteiger partial charge in [-0.3, -0.25) is 0 Å². The van der Waals surface area contributed by atoms with Crippen LogP contribution >= 0.6 is 12.2 Å². The summed E-state index contributed by atoms with van der Waals surface area (Å²) in [6, 6.07) is 3.72. The summed E-state index contributed by atoms with van der Waals surface area (Å²) in [6.45, 7) is 3.43. The highest BCUT2D eigenvalue weighted by molar-refractivity contribution is 7.80. The van der Waals surface area contributed by atoms with Gasteiger partial charge in [0.1, 0.15) is 10.8 Å². The first-order valence-electron chi connectivity index (χ1n) is 5.72. The second-order valence-corrected chi connectivity index (χ2v) is 5.16. The van der Waals surface area contributed by atoms with E-state index in [9.17, 15) is 5.11 Å². The third-order valence-corrected chi connectivity index (χ3v) is 3.41. The second-order valence-electron chi connectivity index (χ2n) is 4.72. The third kappa shape index (κ3) is 2.73. The highest BCUT2D eigenvalue weighted by Crippen LogP contribution is 2.26. The minimum Gasteiger partial charge on any atom is -0.390 e. The van der Waals surface area contributed by atoms with E-state index < -0.39 is 5.60 Å². The van der Waals surface area contributed by atoms with Crippen LogP contribution in [0.15, 0.2) is 18.3 Å². The van der Waals surface area contributed by atoms with Crippen molar-refractivity contribution in [3.8, 4) is 0 Å². The minimum absolute atomic E-state index is 0.366. The Balaban J connectivity index is 2.21. The molecule has 0 aromatic carbocycles. The Bertz CT molecular complexity index is 424. The van der Waals surface area contributed by atoms with Gasteiger partial charge < -0.3 is 15.7 Å². The van der Waals surface area contributed by atoms with Gasteiger partial charge in [0.15, 0.2) is 0 Å². The molecule has 0 saturated carbocycles. The molecule has 2 rings (SSSR count). The van der Waals surface area contributed by atoms with Gasteiger partial charge in [0, 0.05) is 19.3 Å². The quantitative estimate of drug-likeness (QED) is 0.770. The molecule has 4 nitrogen and oxygen atoms in total. The van der Waals surface area contributed by atoms with Crippen molar-refractivity contribution in [2.75, 3.05) is 18.0 Å². The monoisotopic (exact) mass is 251 g/mol. The number of hydrogen-bond donors (Lipinski definition) is 2. The lowest BCUT2D eigenvalue weighted by atomic mass is 9.93. The SMILES string of the molecule is CC1(O)CCN(c2ncccc2C(N)=S)CC1. The molecule has 1 aromatic rings. The third-order valence-electron chi connectivity index (χ3n) is 3.19. The zero-order chi connectivity index (χ0) is 12.5. The summed E-state index contributed by atoms with van der Waals surface area (Å²) >= 11 is 5.03. The van der Waals surface area contributed by atoms with Crippen LogP contribution < -0.4 is 10.6 Å². The molecular formula is C12H17N3OS. The Labute approximate surface area is 106 Å². The summed E-state index contributed by atoms with van der Waals surface area (Å²) in [7, 11) is 0. The van der Waals surface area contributed by atoms with Gasteiger partial charge in [-0.25, -0.2) is 4.98 Å². The zero-order valence-electron chi connectivity index (χ0n) is 9.89. The molecule has 92 valence electrons. The molecule has 1 saturated heterocycles. The lowest BCUT2D eigenvalue weighted by Crippen LogP contribution is -2.43. The fraction of sp³-hybridized carbons (Fsp3) is 0.500. The van der Waals surface area contributed by atoms with Crippen LogP contribution in [0.4, 0.5) is 5.82 Å². The summed E-state index contributed by atoms with van der Waals surface area (Å²) in [4.78, 5) is 6.85. The van der Waals surface area contributed by atoms with Gasteiger partial charge in [-0.2, -0.15) is 0 Å². The van der Waals surface area contributed by atoms with Gasteiger partial charge >= 0.3 is 0 Å². The molecule has 17 heavy (non-hydrogen) atoms. The van der Waals surface area contributed by atoms with E-state index in [1.54, 1.807) is 6.20 Å². The number of pyridine rings is 1. The summed E-state index contributed by atoms with van der Waals surface area (Å²) in [5.74, 6) is 0.829. The molecule has 1 aliphatic heterocycles. The van der Waals surface area contributed by atoms with Crippen molar-refractivity contribution in [2.24, 2.45) is 5.73 Å². The number of nitrogens with two attached hydrogens (primary N) is 1. The van der Waals surface area contributed by atoms with Crippen molar-refractivity contribution in [3.05, 3.63) is 23.9 Å². The highest BCUT2D eigenvalue weighted by Gasteiger charge is 2.28. The van der Waals surface area contributed by atoms with Gasteiger partial charge in [-0.1, -0.05) is 12.2 Å². The van der Waals surface area contributed by atoms with Crippen LogP contribution in [0.1, 0.15) is 25.3 Å². The largest absolute Gasteiger partial charge is 0.390 e. The Morgan fingerprint density at radius 3 is 2.76 bits per heavy atom. The van der Waals surface area contributed by atoms with Crippen LogP contribution in [0.3, 0.4) is 0 Å². The van der Waals surface area contributed by atoms with Crippen molar-refractivity contribution in [1.29, 1.82) is 0 Å². The number of aliphatic hydroxyl groups is 1. The van der Waals surface area contributed by atoms with Crippen LogP contribution in [0.5, 0.6) is 0 Å². The normalized spacial score (nSPS) is 19.1. The van der Waals surface area contributed by atoms with Gasteiger partial charge in [-0.05, 0) is 31.9 Å². The first kappa shape index (κ1) is 12.3. The van der Waals surface area contributed by atoms with Crippen molar-refractivity contribution in [2.45, 2.75) is 25.4 Å². The summed E-state index contributed by atoms with van der Waals surface area (Å²) in [5, 5.41) is 9.92. The predicted molar refractivity (Wildman–Crippen MR) is 72.2 cm³/mol. The Kier molecular flexibility index (Phi) is 3.31. The molecule has 0 bridgehead atoms. The van der Waals surface area contributed by atoms with E-state index in [-0.39, 0.29) is 0 Å². The first-order valence-corrected chi connectivity index (χ1v) is 6.12. The fourth-order valence-corrected chi connectivity index (χ4v) is 2.20. The van der Waals surface area contributed by atoms with Crippen molar-refractivity contribution in [3.63, 3.8) is 0 Å². The predicted octanol–water partition coefficient (Wildman–Crippen LogP) is 1.07. The molecule has 0 aliphatic carbocycles. The smallest absolute Gasteiger partial charge is 0.138 e. The maximum absolute atomic E-state index is 9.92. The average molecular weight is 251 g/mol. The molecule has 3 N–H and O–H groups in total. The number of hydrogen-bond acceptors (Lipinski definition) is 4. The number of thiocarbonyl (C=S) groups is 1. The van der Waals surface area contributed by atoms with Crippen molar-refractivity contribution in [1.82, 2.24) is 4.98 Å². The van der Waals surface area contributed by atoms with Crippen molar-refractivity contribution >= 4 is 23.0 Å². The van der Waals surface area contributed by atoms with Crippen LogP contribution in [-0.4, -0.2) is 33.8 Å². The van der Waals surface area contributed by atoms with E-state index >= 15 is 0 Å². The first-order chi connectivity index (χ1) is 7.99. The molecule has 5 heteroatoms. The van der Waals surface area contributed by atoms with Gasteiger partial charge in [0.05, 0.1) is 11.2 Å². The minimum atomic E-state index is -0.561. The van der Waals surface area contributed by atoms with Crippen LogP contribution in [0.25, 0.3) is 0 Å². The topological polar surface area (TPSA) is 62.4 Å². The van der Waals surface area contributed by atoms with E-state index in [4.69, 9.17) is 18.0 Å². The van der Waals surface area contributed by atoms with Crippen LogP contribution in [-0.2, 0) is 0 Å². The maximum Gasteiger partial charge on any atom is 0.138 e. The van der Waals surface area contributed by atoms with E-state index in [1.165, 1.54) is 0 Å². The lowest BCUT2D eigenvalue weighted by molar-refractivity contribution is 0.0350. The fourth-order valence-electron chi connectivity index (χ4n) is 2.04. The maximum atomic E-state index is 9.92. The second kappa shape index (κ2) is 4.58. The molecule has 1 aliphatic rings. The molecule has 1 aromatic heterocycles. The molecular weight excluding hydrogens is 234 g/mol. The highest BCUT2D eigenvalue weighted by atomic mass is 32.1. The molecule has 1 fully saturated rings.